The molecule has 1 atom stereocenters. The van der Waals surface area contributed by atoms with Crippen molar-refractivity contribution >= 4 is 0 Å². The first-order chi connectivity index (χ1) is 8.31. The van der Waals surface area contributed by atoms with Gasteiger partial charge < -0.3 is 9.47 Å². The molecule has 17 heavy (non-hydrogen) atoms. The third-order valence-corrected chi connectivity index (χ3v) is 5.65. The smallest absolute Gasteiger partial charge is 0.104 e. The second kappa shape index (κ2) is 3.96. The summed E-state index contributed by atoms with van der Waals surface area (Å²) >= 11 is 0. The predicted molar refractivity (Wildman–Crippen MR) is 65.8 cm³/mol. The van der Waals surface area contributed by atoms with Crippen LogP contribution in [0.1, 0.15) is 44.9 Å². The topological polar surface area (TPSA) is 21.8 Å². The first-order valence-corrected chi connectivity index (χ1v) is 7.51. The van der Waals surface area contributed by atoms with Crippen LogP contribution in [0.15, 0.2) is 0 Å². The Morgan fingerprint density at radius 1 is 1.00 bits per heavy atom. The summed E-state index contributed by atoms with van der Waals surface area (Å²) in [5, 5.41) is 0. The summed E-state index contributed by atoms with van der Waals surface area (Å²) < 4.78 is 11.0. The van der Waals surface area contributed by atoms with Crippen LogP contribution >= 0.6 is 0 Å². The standard InChI is InChI=1S/C15H24O2/c1(2-16-9-14-10-17-14)15-6-11-3-12(7-15)5-13(4-11)8-15/h11-14H,1-10H2. The van der Waals surface area contributed by atoms with Crippen LogP contribution in [0.25, 0.3) is 0 Å². The Hall–Kier alpha value is -0.0800. The Morgan fingerprint density at radius 3 is 2.12 bits per heavy atom. The lowest BCUT2D eigenvalue weighted by Gasteiger charge is -2.57. The van der Waals surface area contributed by atoms with Crippen molar-refractivity contribution in [3.05, 3.63) is 0 Å². The first kappa shape index (κ1) is 10.8. The molecule has 1 unspecified atom stereocenters. The lowest BCUT2D eigenvalue weighted by molar-refractivity contribution is -0.0694. The summed E-state index contributed by atoms with van der Waals surface area (Å²) in [6, 6.07) is 0. The lowest BCUT2D eigenvalue weighted by atomic mass is 9.49. The minimum atomic E-state index is 0.436. The molecule has 0 amide bonds. The van der Waals surface area contributed by atoms with Gasteiger partial charge in [0.15, 0.2) is 0 Å². The maximum atomic E-state index is 5.77. The van der Waals surface area contributed by atoms with E-state index in [4.69, 9.17) is 9.47 Å². The fourth-order valence-corrected chi connectivity index (χ4v) is 5.26. The van der Waals surface area contributed by atoms with Crippen molar-refractivity contribution in [1.82, 2.24) is 0 Å². The molecular weight excluding hydrogens is 212 g/mol. The Kier molecular flexibility index (Phi) is 2.52. The summed E-state index contributed by atoms with van der Waals surface area (Å²) in [6.45, 7) is 2.75. The summed E-state index contributed by atoms with van der Waals surface area (Å²) in [7, 11) is 0. The highest BCUT2D eigenvalue weighted by molar-refractivity contribution is 5.01. The van der Waals surface area contributed by atoms with Gasteiger partial charge in [-0.1, -0.05) is 0 Å². The molecule has 4 saturated carbocycles. The molecule has 0 aromatic heterocycles. The highest BCUT2D eigenvalue weighted by atomic mass is 16.6. The minimum Gasteiger partial charge on any atom is -0.379 e. The summed E-state index contributed by atoms with van der Waals surface area (Å²) in [4.78, 5) is 0. The van der Waals surface area contributed by atoms with Crippen LogP contribution in [-0.2, 0) is 9.47 Å². The Morgan fingerprint density at radius 2 is 1.59 bits per heavy atom. The molecule has 0 aromatic carbocycles. The van der Waals surface area contributed by atoms with Crippen LogP contribution in [0.2, 0.25) is 0 Å². The number of hydrogen-bond acceptors (Lipinski definition) is 2. The maximum Gasteiger partial charge on any atom is 0.104 e. The first-order valence-electron chi connectivity index (χ1n) is 7.51. The van der Waals surface area contributed by atoms with Crippen molar-refractivity contribution in [1.29, 1.82) is 0 Å². The highest BCUT2D eigenvalue weighted by Crippen LogP contribution is 2.61. The van der Waals surface area contributed by atoms with Crippen LogP contribution in [0.5, 0.6) is 0 Å². The molecule has 4 bridgehead atoms. The van der Waals surface area contributed by atoms with E-state index >= 15 is 0 Å². The van der Waals surface area contributed by atoms with E-state index in [2.05, 4.69) is 0 Å². The number of ether oxygens (including phenoxy) is 2. The fourth-order valence-electron chi connectivity index (χ4n) is 5.26. The van der Waals surface area contributed by atoms with E-state index < -0.39 is 0 Å². The van der Waals surface area contributed by atoms with E-state index in [-0.39, 0.29) is 0 Å². The van der Waals surface area contributed by atoms with Crippen molar-refractivity contribution in [2.24, 2.45) is 23.2 Å². The van der Waals surface area contributed by atoms with Gasteiger partial charge in [-0.05, 0) is 68.1 Å². The van der Waals surface area contributed by atoms with Crippen LogP contribution in [0.3, 0.4) is 0 Å². The molecular formula is C15H24O2. The maximum absolute atomic E-state index is 5.77. The SMILES string of the molecule is C(CC12CC3CC(CC(C3)C1)C2)OCC1CO1. The molecule has 5 rings (SSSR count). The third-order valence-electron chi connectivity index (χ3n) is 5.65. The van der Waals surface area contributed by atoms with E-state index in [0.717, 1.165) is 37.6 Å². The van der Waals surface area contributed by atoms with Gasteiger partial charge in [-0.2, -0.15) is 0 Å². The van der Waals surface area contributed by atoms with Crippen LogP contribution in [0.4, 0.5) is 0 Å². The molecule has 5 aliphatic rings. The van der Waals surface area contributed by atoms with Gasteiger partial charge in [0.05, 0.1) is 13.2 Å². The third kappa shape index (κ3) is 2.15. The van der Waals surface area contributed by atoms with E-state index in [1.165, 1.54) is 25.7 Å². The summed E-state index contributed by atoms with van der Waals surface area (Å²) in [5.74, 6) is 3.23. The minimum absolute atomic E-state index is 0.436. The molecule has 0 aromatic rings. The van der Waals surface area contributed by atoms with Gasteiger partial charge in [0.25, 0.3) is 0 Å². The molecule has 2 nitrogen and oxygen atoms in total. The second-order valence-electron chi connectivity index (χ2n) is 7.20. The van der Waals surface area contributed by atoms with Crippen LogP contribution in [0, 0.1) is 23.2 Å². The molecule has 4 aliphatic carbocycles. The van der Waals surface area contributed by atoms with E-state index in [0.29, 0.717) is 11.5 Å². The van der Waals surface area contributed by atoms with Crippen molar-refractivity contribution in [3.63, 3.8) is 0 Å². The molecule has 2 heteroatoms. The van der Waals surface area contributed by atoms with Gasteiger partial charge in [0.1, 0.15) is 6.10 Å². The van der Waals surface area contributed by atoms with Crippen molar-refractivity contribution in [2.45, 2.75) is 51.0 Å². The lowest BCUT2D eigenvalue weighted by Crippen LogP contribution is -2.46. The highest BCUT2D eigenvalue weighted by Gasteiger charge is 2.50. The second-order valence-corrected chi connectivity index (χ2v) is 7.20. The monoisotopic (exact) mass is 236 g/mol. The molecule has 96 valence electrons. The van der Waals surface area contributed by atoms with Gasteiger partial charge in [-0.3, -0.25) is 0 Å². The summed E-state index contributed by atoms with van der Waals surface area (Å²) in [5.41, 5.74) is 0.694. The van der Waals surface area contributed by atoms with Crippen molar-refractivity contribution < 1.29 is 9.47 Å². The number of epoxide rings is 1. The van der Waals surface area contributed by atoms with Gasteiger partial charge in [0, 0.05) is 6.61 Å². The number of rotatable bonds is 5. The molecule has 5 fully saturated rings. The molecule has 1 saturated heterocycles. The Bertz CT molecular complexity index is 260. The molecule has 1 aliphatic heterocycles. The molecule has 0 N–H and O–H groups in total. The fraction of sp³-hybridized carbons (Fsp3) is 1.00. The van der Waals surface area contributed by atoms with Crippen LogP contribution in [-0.4, -0.2) is 25.9 Å². The normalized spacial score (nSPS) is 50.8. The molecule has 0 radical (unpaired) electrons. The Labute approximate surface area is 104 Å². The number of hydrogen-bond donors (Lipinski definition) is 0. The molecule has 0 spiro atoms. The Balaban J connectivity index is 1.32. The predicted octanol–water partition coefficient (Wildman–Crippen LogP) is 3.01. The molecule has 1 heterocycles. The van der Waals surface area contributed by atoms with E-state index in [1.807, 2.05) is 0 Å². The largest absolute Gasteiger partial charge is 0.379 e. The van der Waals surface area contributed by atoms with Crippen molar-refractivity contribution in [3.8, 4) is 0 Å². The zero-order valence-electron chi connectivity index (χ0n) is 10.7. The average Bonchev–Trinajstić information content (AvgIpc) is 3.06. The van der Waals surface area contributed by atoms with Crippen molar-refractivity contribution in [2.75, 3.05) is 19.8 Å². The van der Waals surface area contributed by atoms with Gasteiger partial charge in [-0.25, -0.2) is 0 Å². The zero-order chi connectivity index (χ0) is 11.3. The average molecular weight is 236 g/mol. The van der Waals surface area contributed by atoms with Gasteiger partial charge in [-0.15, -0.1) is 0 Å². The van der Waals surface area contributed by atoms with Crippen LogP contribution < -0.4 is 0 Å². The van der Waals surface area contributed by atoms with Gasteiger partial charge in [0.2, 0.25) is 0 Å². The van der Waals surface area contributed by atoms with E-state index in [9.17, 15) is 0 Å². The summed E-state index contributed by atoms with van der Waals surface area (Å²) in [6.07, 6.45) is 11.0. The van der Waals surface area contributed by atoms with Gasteiger partial charge >= 0.3 is 0 Å². The zero-order valence-corrected chi connectivity index (χ0v) is 10.7. The quantitative estimate of drug-likeness (QED) is 0.540. The van der Waals surface area contributed by atoms with E-state index in [1.54, 1.807) is 19.3 Å².